The van der Waals surface area contributed by atoms with Gasteiger partial charge in [0.1, 0.15) is 6.10 Å². The molecule has 0 amide bonds. The summed E-state index contributed by atoms with van der Waals surface area (Å²) in [5, 5.41) is 9.80. The molecule has 4 N–H and O–H groups in total. The first-order chi connectivity index (χ1) is 7.09. The van der Waals surface area contributed by atoms with Crippen molar-refractivity contribution in [2.24, 2.45) is 0 Å². The van der Waals surface area contributed by atoms with Crippen LogP contribution in [0.15, 0.2) is 24.4 Å². The SMILES string of the molecule is Nc1ccc2[nH]cc(C(O)C(F)F)c2c1. The number of benzene rings is 1. The molecule has 3 nitrogen and oxygen atoms in total. The summed E-state index contributed by atoms with van der Waals surface area (Å²) < 4.78 is 24.6. The fourth-order valence-electron chi connectivity index (χ4n) is 1.54. The molecule has 1 heterocycles. The first-order valence-corrected chi connectivity index (χ1v) is 4.42. The number of hydrogen-bond acceptors (Lipinski definition) is 2. The maximum absolute atomic E-state index is 12.3. The van der Waals surface area contributed by atoms with Crippen molar-refractivity contribution in [2.75, 3.05) is 5.73 Å². The van der Waals surface area contributed by atoms with E-state index in [0.717, 1.165) is 0 Å². The molecule has 0 spiro atoms. The number of nitrogens with one attached hydrogen (secondary N) is 1. The summed E-state index contributed by atoms with van der Waals surface area (Å²) in [4.78, 5) is 2.80. The molecule has 0 aliphatic heterocycles. The molecule has 15 heavy (non-hydrogen) atoms. The third-order valence-electron chi connectivity index (χ3n) is 2.30. The van der Waals surface area contributed by atoms with Crippen LogP contribution in [0.3, 0.4) is 0 Å². The average Bonchev–Trinajstić information content (AvgIpc) is 2.59. The van der Waals surface area contributed by atoms with Crippen molar-refractivity contribution < 1.29 is 13.9 Å². The lowest BCUT2D eigenvalue weighted by molar-refractivity contribution is -0.00494. The molecule has 80 valence electrons. The molecule has 0 aliphatic rings. The van der Waals surface area contributed by atoms with Gasteiger partial charge in [0.25, 0.3) is 6.43 Å². The Kier molecular flexibility index (Phi) is 2.32. The zero-order valence-corrected chi connectivity index (χ0v) is 7.74. The van der Waals surface area contributed by atoms with Crippen molar-refractivity contribution in [3.63, 3.8) is 0 Å². The van der Waals surface area contributed by atoms with E-state index in [4.69, 9.17) is 5.73 Å². The number of alkyl halides is 2. The highest BCUT2D eigenvalue weighted by molar-refractivity contribution is 5.86. The molecule has 1 atom stereocenters. The highest BCUT2D eigenvalue weighted by Crippen LogP contribution is 2.29. The van der Waals surface area contributed by atoms with Crippen LogP contribution in [0.25, 0.3) is 10.9 Å². The van der Waals surface area contributed by atoms with Gasteiger partial charge in [-0.2, -0.15) is 0 Å². The fraction of sp³-hybridized carbons (Fsp3) is 0.200. The van der Waals surface area contributed by atoms with Crippen LogP contribution in [-0.2, 0) is 0 Å². The zero-order chi connectivity index (χ0) is 11.0. The third-order valence-corrected chi connectivity index (χ3v) is 2.30. The third kappa shape index (κ3) is 1.66. The van der Waals surface area contributed by atoms with Gasteiger partial charge in [-0.1, -0.05) is 0 Å². The van der Waals surface area contributed by atoms with Gasteiger partial charge in [-0.15, -0.1) is 0 Å². The first kappa shape index (κ1) is 9.92. The normalized spacial score (nSPS) is 13.6. The summed E-state index contributed by atoms with van der Waals surface area (Å²) in [6.07, 6.45) is -3.20. The number of halogens is 2. The Morgan fingerprint density at radius 3 is 2.73 bits per heavy atom. The van der Waals surface area contributed by atoms with Crippen LogP contribution < -0.4 is 5.73 Å². The van der Waals surface area contributed by atoms with E-state index in [-0.39, 0.29) is 5.56 Å². The summed E-state index contributed by atoms with van der Waals surface area (Å²) in [5.74, 6) is 0. The molecule has 1 unspecified atom stereocenters. The standard InChI is InChI=1S/C10H10F2N2O/c11-10(12)9(15)7-4-14-8-2-1-5(13)3-6(7)8/h1-4,9-10,14-15H,13H2. The van der Waals surface area contributed by atoms with E-state index in [2.05, 4.69) is 4.98 Å². The van der Waals surface area contributed by atoms with E-state index in [1.807, 2.05) is 0 Å². The van der Waals surface area contributed by atoms with E-state index in [1.165, 1.54) is 6.20 Å². The van der Waals surface area contributed by atoms with Crippen molar-refractivity contribution in [3.8, 4) is 0 Å². The molecule has 0 fully saturated rings. The number of aliphatic hydroxyl groups is 1. The van der Waals surface area contributed by atoms with Gasteiger partial charge in [0.2, 0.25) is 0 Å². The minimum atomic E-state index is -2.80. The van der Waals surface area contributed by atoms with Crippen molar-refractivity contribution in [3.05, 3.63) is 30.0 Å². The number of anilines is 1. The van der Waals surface area contributed by atoms with Crippen LogP contribution >= 0.6 is 0 Å². The number of aliphatic hydroxyl groups excluding tert-OH is 1. The molecule has 1 aromatic carbocycles. The predicted octanol–water partition coefficient (Wildman–Crippen LogP) is 2.05. The van der Waals surface area contributed by atoms with Crippen molar-refractivity contribution in [1.82, 2.24) is 4.98 Å². The van der Waals surface area contributed by atoms with E-state index >= 15 is 0 Å². The highest BCUT2D eigenvalue weighted by atomic mass is 19.3. The number of fused-ring (bicyclic) bond motifs is 1. The lowest BCUT2D eigenvalue weighted by atomic mass is 10.1. The average molecular weight is 212 g/mol. The summed E-state index contributed by atoms with van der Waals surface area (Å²) in [7, 11) is 0. The number of aromatic nitrogens is 1. The Labute approximate surface area is 84.5 Å². The Balaban J connectivity index is 2.56. The van der Waals surface area contributed by atoms with E-state index in [1.54, 1.807) is 18.2 Å². The van der Waals surface area contributed by atoms with Crippen LogP contribution in [0.4, 0.5) is 14.5 Å². The predicted molar refractivity (Wildman–Crippen MR) is 53.7 cm³/mol. The van der Waals surface area contributed by atoms with Gasteiger partial charge in [0, 0.05) is 28.4 Å². The summed E-state index contributed by atoms with van der Waals surface area (Å²) in [6, 6.07) is 4.91. The number of aromatic amines is 1. The Hall–Kier alpha value is -1.62. The van der Waals surface area contributed by atoms with Crippen LogP contribution in [-0.4, -0.2) is 16.5 Å². The molecule has 2 rings (SSSR count). The second-order valence-corrected chi connectivity index (χ2v) is 3.33. The van der Waals surface area contributed by atoms with Gasteiger partial charge < -0.3 is 15.8 Å². The van der Waals surface area contributed by atoms with Gasteiger partial charge in [-0.25, -0.2) is 8.78 Å². The molecule has 2 aromatic rings. The number of hydrogen-bond donors (Lipinski definition) is 3. The second-order valence-electron chi connectivity index (χ2n) is 3.33. The molecule has 0 saturated carbocycles. The molecular weight excluding hydrogens is 202 g/mol. The van der Waals surface area contributed by atoms with Gasteiger partial charge in [0.05, 0.1) is 0 Å². The van der Waals surface area contributed by atoms with Crippen LogP contribution in [0.5, 0.6) is 0 Å². The second kappa shape index (κ2) is 3.51. The van der Waals surface area contributed by atoms with E-state index in [9.17, 15) is 13.9 Å². The van der Waals surface area contributed by atoms with Crippen LogP contribution in [0, 0.1) is 0 Å². The lowest BCUT2D eigenvalue weighted by Crippen LogP contribution is -2.07. The topological polar surface area (TPSA) is 62.0 Å². The highest BCUT2D eigenvalue weighted by Gasteiger charge is 2.22. The Morgan fingerprint density at radius 1 is 1.33 bits per heavy atom. The molecule has 0 saturated heterocycles. The van der Waals surface area contributed by atoms with E-state index in [0.29, 0.717) is 16.6 Å². The molecule has 0 radical (unpaired) electrons. The smallest absolute Gasteiger partial charge is 0.268 e. The molecule has 0 aliphatic carbocycles. The molecular formula is C10H10F2N2O. The van der Waals surface area contributed by atoms with E-state index < -0.39 is 12.5 Å². The summed E-state index contributed by atoms with van der Waals surface area (Å²) >= 11 is 0. The van der Waals surface area contributed by atoms with Crippen molar-refractivity contribution >= 4 is 16.6 Å². The largest absolute Gasteiger partial charge is 0.399 e. The van der Waals surface area contributed by atoms with Gasteiger partial charge in [-0.05, 0) is 18.2 Å². The minimum Gasteiger partial charge on any atom is -0.399 e. The quantitative estimate of drug-likeness (QED) is 0.667. The van der Waals surface area contributed by atoms with Crippen molar-refractivity contribution in [1.29, 1.82) is 0 Å². The number of rotatable bonds is 2. The maximum atomic E-state index is 12.3. The summed E-state index contributed by atoms with van der Waals surface area (Å²) in [5.41, 5.74) is 6.87. The summed E-state index contributed by atoms with van der Waals surface area (Å²) in [6.45, 7) is 0. The number of nitrogen functional groups attached to an aromatic ring is 1. The fourth-order valence-corrected chi connectivity index (χ4v) is 1.54. The molecule has 1 aromatic heterocycles. The van der Waals surface area contributed by atoms with Crippen LogP contribution in [0.1, 0.15) is 11.7 Å². The number of nitrogens with two attached hydrogens (primary N) is 1. The van der Waals surface area contributed by atoms with Gasteiger partial charge >= 0.3 is 0 Å². The molecule has 5 heteroatoms. The maximum Gasteiger partial charge on any atom is 0.268 e. The molecule has 0 bridgehead atoms. The Bertz CT molecular complexity index is 481. The zero-order valence-electron chi connectivity index (χ0n) is 7.74. The van der Waals surface area contributed by atoms with Crippen molar-refractivity contribution in [2.45, 2.75) is 12.5 Å². The minimum absolute atomic E-state index is 0.173. The van der Waals surface area contributed by atoms with Gasteiger partial charge in [-0.3, -0.25) is 0 Å². The lowest BCUT2D eigenvalue weighted by Gasteiger charge is -2.07. The Morgan fingerprint density at radius 2 is 2.07 bits per heavy atom. The first-order valence-electron chi connectivity index (χ1n) is 4.42. The van der Waals surface area contributed by atoms with Gasteiger partial charge in [0.15, 0.2) is 0 Å². The van der Waals surface area contributed by atoms with Crippen LogP contribution in [0.2, 0.25) is 0 Å². The number of H-pyrrole nitrogens is 1. The monoisotopic (exact) mass is 212 g/mol.